The number of carbonyl (C=O) groups excluding carboxylic acids is 1. The van der Waals surface area contributed by atoms with Gasteiger partial charge in [0.1, 0.15) is 6.04 Å². The Bertz CT molecular complexity index is 964. The van der Waals surface area contributed by atoms with E-state index in [0.29, 0.717) is 32.5 Å². The number of nitrogens with one attached hydrogen (secondary N) is 4. The van der Waals surface area contributed by atoms with E-state index in [0.717, 1.165) is 0 Å². The molecule has 3 rings (SSSR count). The van der Waals surface area contributed by atoms with Crippen molar-refractivity contribution in [3.05, 3.63) is 56.9 Å². The smallest absolute Gasteiger partial charge is 0.323 e. The second-order valence-corrected chi connectivity index (χ2v) is 6.16. The van der Waals surface area contributed by atoms with Gasteiger partial charge in [-0.1, -0.05) is 23.2 Å². The van der Waals surface area contributed by atoms with Crippen LogP contribution in [0.4, 0.5) is 11.4 Å². The monoisotopic (exact) mass is 364 g/mol. The van der Waals surface area contributed by atoms with E-state index in [2.05, 4.69) is 20.6 Å². The quantitative estimate of drug-likeness (QED) is 0.570. The first-order valence-corrected chi connectivity index (χ1v) is 7.92. The number of hydrogen-bond donors (Lipinski definition) is 4. The van der Waals surface area contributed by atoms with Gasteiger partial charge in [-0.05, 0) is 43.3 Å². The van der Waals surface area contributed by atoms with E-state index in [4.69, 9.17) is 23.2 Å². The Hall–Kier alpha value is -2.44. The number of rotatable bonds is 4. The zero-order chi connectivity index (χ0) is 17.3. The van der Waals surface area contributed by atoms with Gasteiger partial charge in [0.25, 0.3) is 0 Å². The lowest BCUT2D eigenvalue weighted by atomic mass is 10.2. The highest BCUT2D eigenvalue weighted by Crippen LogP contribution is 2.25. The molecule has 0 saturated heterocycles. The van der Waals surface area contributed by atoms with Gasteiger partial charge in [0.2, 0.25) is 5.91 Å². The van der Waals surface area contributed by atoms with Crippen LogP contribution < -0.4 is 16.3 Å². The fraction of sp³-hybridized carbons (Fsp3) is 0.125. The molecule has 0 aliphatic heterocycles. The zero-order valence-electron chi connectivity index (χ0n) is 12.6. The van der Waals surface area contributed by atoms with Crippen LogP contribution in [0.1, 0.15) is 6.92 Å². The van der Waals surface area contributed by atoms with E-state index in [1.807, 2.05) is 0 Å². The van der Waals surface area contributed by atoms with Crippen LogP contribution in [0.5, 0.6) is 0 Å². The molecule has 1 atom stereocenters. The maximum absolute atomic E-state index is 12.3. The summed E-state index contributed by atoms with van der Waals surface area (Å²) >= 11 is 11.9. The number of halogens is 2. The van der Waals surface area contributed by atoms with Crippen molar-refractivity contribution in [2.75, 3.05) is 10.6 Å². The highest BCUT2D eigenvalue weighted by Gasteiger charge is 2.14. The Morgan fingerprint density at radius 2 is 1.83 bits per heavy atom. The van der Waals surface area contributed by atoms with Gasteiger partial charge in [-0.2, -0.15) is 0 Å². The second-order valence-electron chi connectivity index (χ2n) is 5.32. The lowest BCUT2D eigenvalue weighted by Gasteiger charge is -2.16. The summed E-state index contributed by atoms with van der Waals surface area (Å²) in [4.78, 5) is 28.9. The molecule has 0 saturated carbocycles. The highest BCUT2D eigenvalue weighted by molar-refractivity contribution is 6.36. The number of benzene rings is 2. The predicted molar refractivity (Wildman–Crippen MR) is 97.1 cm³/mol. The third-order valence-corrected chi connectivity index (χ3v) is 4.03. The number of hydrogen-bond acceptors (Lipinski definition) is 3. The van der Waals surface area contributed by atoms with Gasteiger partial charge >= 0.3 is 5.69 Å². The van der Waals surface area contributed by atoms with Gasteiger partial charge in [-0.3, -0.25) is 4.79 Å². The number of anilines is 2. The van der Waals surface area contributed by atoms with Crippen molar-refractivity contribution in [1.29, 1.82) is 0 Å². The van der Waals surface area contributed by atoms with Crippen LogP contribution in [0.25, 0.3) is 11.0 Å². The van der Waals surface area contributed by atoms with E-state index in [1.54, 1.807) is 43.3 Å². The van der Waals surface area contributed by atoms with Crippen LogP contribution in [0.2, 0.25) is 10.0 Å². The van der Waals surface area contributed by atoms with Gasteiger partial charge in [0.05, 0.1) is 21.7 Å². The summed E-state index contributed by atoms with van der Waals surface area (Å²) in [6.45, 7) is 1.73. The van der Waals surface area contributed by atoms with Crippen LogP contribution in [-0.2, 0) is 4.79 Å². The first kappa shape index (κ1) is 16.4. The fourth-order valence-corrected chi connectivity index (χ4v) is 2.73. The van der Waals surface area contributed by atoms with Crippen LogP contribution in [0.15, 0.2) is 41.2 Å². The summed E-state index contributed by atoms with van der Waals surface area (Å²) in [6, 6.07) is 9.64. The normalized spacial score (nSPS) is 12.1. The van der Waals surface area contributed by atoms with Crippen LogP contribution in [0, 0.1) is 0 Å². The third-order valence-electron chi connectivity index (χ3n) is 3.48. The predicted octanol–water partition coefficient (Wildman–Crippen LogP) is 3.60. The minimum atomic E-state index is -0.514. The molecular formula is C16H14Cl2N4O2. The summed E-state index contributed by atoms with van der Waals surface area (Å²) < 4.78 is 0. The SMILES string of the molecule is CC(Nc1ccc2[nH]c(=O)[nH]c2c1)C(=O)Nc1ccc(Cl)cc1Cl. The molecule has 3 aromatic rings. The molecule has 0 bridgehead atoms. The van der Waals surface area contributed by atoms with E-state index in [1.165, 1.54) is 0 Å². The largest absolute Gasteiger partial charge is 0.374 e. The van der Waals surface area contributed by atoms with E-state index < -0.39 is 6.04 Å². The Kier molecular flexibility index (Phi) is 4.51. The van der Waals surface area contributed by atoms with E-state index in [9.17, 15) is 9.59 Å². The van der Waals surface area contributed by atoms with E-state index in [-0.39, 0.29) is 11.6 Å². The van der Waals surface area contributed by atoms with Gasteiger partial charge in [-0.15, -0.1) is 0 Å². The maximum atomic E-state index is 12.3. The lowest BCUT2D eigenvalue weighted by Crippen LogP contribution is -2.31. The summed E-state index contributed by atoms with van der Waals surface area (Å²) in [7, 11) is 0. The Labute approximate surface area is 147 Å². The van der Waals surface area contributed by atoms with Gasteiger partial charge in [0.15, 0.2) is 0 Å². The minimum Gasteiger partial charge on any atom is -0.374 e. The number of amides is 1. The Morgan fingerprint density at radius 1 is 1.08 bits per heavy atom. The molecule has 2 aromatic carbocycles. The summed E-state index contributed by atoms with van der Waals surface area (Å²) in [5.74, 6) is -0.248. The van der Waals surface area contributed by atoms with Gasteiger partial charge < -0.3 is 20.6 Å². The Balaban J connectivity index is 1.71. The molecule has 6 nitrogen and oxygen atoms in total. The molecule has 1 unspecified atom stereocenters. The number of fused-ring (bicyclic) bond motifs is 1. The van der Waals surface area contributed by atoms with Crippen molar-refractivity contribution in [2.24, 2.45) is 0 Å². The van der Waals surface area contributed by atoms with E-state index >= 15 is 0 Å². The molecule has 0 fully saturated rings. The minimum absolute atomic E-state index is 0.248. The molecule has 1 heterocycles. The summed E-state index contributed by atoms with van der Waals surface area (Å²) in [6.07, 6.45) is 0. The van der Waals surface area contributed by atoms with Gasteiger partial charge in [0, 0.05) is 10.7 Å². The third kappa shape index (κ3) is 3.55. The number of carbonyl (C=O) groups is 1. The topological polar surface area (TPSA) is 89.8 Å². The van der Waals surface area contributed by atoms with Crippen molar-refractivity contribution >= 4 is 51.5 Å². The molecule has 0 aliphatic carbocycles. The number of aromatic amines is 2. The average molecular weight is 365 g/mol. The molecule has 24 heavy (non-hydrogen) atoms. The lowest BCUT2D eigenvalue weighted by molar-refractivity contribution is -0.116. The Morgan fingerprint density at radius 3 is 2.58 bits per heavy atom. The fourth-order valence-electron chi connectivity index (χ4n) is 2.27. The van der Waals surface area contributed by atoms with Crippen molar-refractivity contribution in [3.63, 3.8) is 0 Å². The number of aromatic nitrogens is 2. The average Bonchev–Trinajstić information content (AvgIpc) is 2.89. The first-order valence-electron chi connectivity index (χ1n) is 7.17. The van der Waals surface area contributed by atoms with Gasteiger partial charge in [-0.25, -0.2) is 4.79 Å². The molecule has 8 heteroatoms. The van der Waals surface area contributed by atoms with Crippen LogP contribution in [-0.4, -0.2) is 21.9 Å². The maximum Gasteiger partial charge on any atom is 0.323 e. The highest BCUT2D eigenvalue weighted by atomic mass is 35.5. The molecule has 1 aromatic heterocycles. The first-order chi connectivity index (χ1) is 11.4. The number of H-pyrrole nitrogens is 2. The molecule has 124 valence electrons. The standard InChI is InChI=1S/C16H14Cl2N4O2/c1-8(15(23)20-12-4-2-9(17)6-11(12)18)19-10-3-5-13-14(7-10)22-16(24)21-13/h2-8,19H,1H3,(H,20,23)(H2,21,22,24). The molecule has 4 N–H and O–H groups in total. The van der Waals surface area contributed by atoms with Crippen molar-refractivity contribution in [1.82, 2.24) is 9.97 Å². The molecule has 0 spiro atoms. The second kappa shape index (κ2) is 6.59. The molecule has 0 aliphatic rings. The summed E-state index contributed by atoms with van der Waals surface area (Å²) in [5, 5.41) is 6.69. The number of imidazole rings is 1. The van der Waals surface area contributed by atoms with Crippen LogP contribution >= 0.6 is 23.2 Å². The van der Waals surface area contributed by atoms with Crippen molar-refractivity contribution in [2.45, 2.75) is 13.0 Å². The van der Waals surface area contributed by atoms with Crippen molar-refractivity contribution < 1.29 is 4.79 Å². The van der Waals surface area contributed by atoms with Crippen LogP contribution in [0.3, 0.4) is 0 Å². The summed E-state index contributed by atoms with van der Waals surface area (Å²) in [5.41, 5.74) is 2.30. The molecular weight excluding hydrogens is 351 g/mol. The zero-order valence-corrected chi connectivity index (χ0v) is 14.1. The van der Waals surface area contributed by atoms with Crippen molar-refractivity contribution in [3.8, 4) is 0 Å². The molecule has 1 amide bonds. The molecule has 0 radical (unpaired) electrons.